The highest BCUT2D eigenvalue weighted by atomic mass is 16.5. The smallest absolute Gasteiger partial charge is 0.282 e. The molecule has 2 aliphatic rings. The Labute approximate surface area is 158 Å². The Kier molecular flexibility index (Phi) is 4.54. The topological polar surface area (TPSA) is 61.9 Å². The van der Waals surface area contributed by atoms with Gasteiger partial charge in [0, 0.05) is 30.4 Å². The number of anilines is 2. The van der Waals surface area contributed by atoms with Crippen LogP contribution in [0.15, 0.2) is 54.1 Å². The second-order valence-corrected chi connectivity index (χ2v) is 6.60. The van der Waals surface area contributed by atoms with Crippen LogP contribution in [0.3, 0.4) is 0 Å². The van der Waals surface area contributed by atoms with Crippen molar-refractivity contribution in [1.29, 1.82) is 0 Å². The molecule has 0 aliphatic carbocycles. The van der Waals surface area contributed by atoms with Gasteiger partial charge in [-0.15, -0.1) is 0 Å². The van der Waals surface area contributed by atoms with E-state index in [-0.39, 0.29) is 11.5 Å². The minimum absolute atomic E-state index is 0.0890. The molecular formula is C21H21N3O3. The summed E-state index contributed by atoms with van der Waals surface area (Å²) >= 11 is 0. The number of methoxy groups -OCH3 is 1. The van der Waals surface area contributed by atoms with Gasteiger partial charge in [-0.2, -0.15) is 0 Å². The van der Waals surface area contributed by atoms with Crippen LogP contribution < -0.4 is 20.1 Å². The van der Waals surface area contributed by atoms with Crippen molar-refractivity contribution in [3.05, 3.63) is 59.7 Å². The monoisotopic (exact) mass is 363 g/mol. The molecule has 0 aromatic heterocycles. The Hall–Kier alpha value is -3.28. The average Bonchev–Trinajstić information content (AvgIpc) is 3.33. The minimum atomic E-state index is -0.422. The van der Waals surface area contributed by atoms with Gasteiger partial charge < -0.3 is 9.64 Å². The second kappa shape index (κ2) is 7.15. The van der Waals surface area contributed by atoms with Crippen molar-refractivity contribution in [1.82, 2.24) is 5.43 Å². The number of nitrogens with zero attached hydrogens (tertiary/aromatic N) is 2. The molecule has 0 unspecified atom stereocenters. The van der Waals surface area contributed by atoms with E-state index in [2.05, 4.69) is 10.3 Å². The van der Waals surface area contributed by atoms with Crippen LogP contribution in [0.2, 0.25) is 0 Å². The summed E-state index contributed by atoms with van der Waals surface area (Å²) in [6.07, 6.45) is 3.98. The molecule has 2 fully saturated rings. The fraction of sp³-hybridized carbons (Fsp3) is 0.238. The number of carbonyl (C=O) groups excluding carboxylic acids is 2. The zero-order chi connectivity index (χ0) is 18.8. The zero-order valence-corrected chi connectivity index (χ0v) is 15.1. The summed E-state index contributed by atoms with van der Waals surface area (Å²) in [6, 6.07) is 14.9. The van der Waals surface area contributed by atoms with Crippen LogP contribution in [0, 0.1) is 0 Å². The molecule has 6 nitrogen and oxygen atoms in total. The summed E-state index contributed by atoms with van der Waals surface area (Å²) in [5.41, 5.74) is 5.12. The largest absolute Gasteiger partial charge is 0.496 e. The molecule has 0 bridgehead atoms. The van der Waals surface area contributed by atoms with E-state index in [1.165, 1.54) is 17.9 Å². The molecule has 0 saturated carbocycles. The van der Waals surface area contributed by atoms with Gasteiger partial charge in [-0.3, -0.25) is 15.0 Å². The average molecular weight is 363 g/mol. The molecular weight excluding hydrogens is 342 g/mol. The standard InChI is InChI=1S/C21H21N3O3/c1-27-19-14-17(23-11-5-6-12-23)10-9-15(19)13-18-20(25)22-24(21(18)26)16-7-3-2-4-8-16/h2-4,7-10,13-14H,5-6,11-12H2,1H3,(H,22,25). The number of carbonyl (C=O) groups is 2. The van der Waals surface area contributed by atoms with Crippen LogP contribution in [-0.2, 0) is 9.59 Å². The summed E-state index contributed by atoms with van der Waals surface area (Å²) in [5.74, 6) is -0.156. The third kappa shape index (κ3) is 3.26. The predicted octanol–water partition coefficient (Wildman–Crippen LogP) is 2.76. The number of ether oxygens (including phenoxy) is 1. The Bertz CT molecular complexity index is 902. The maximum Gasteiger partial charge on any atom is 0.282 e. The normalized spacial score (nSPS) is 18.3. The summed E-state index contributed by atoms with van der Waals surface area (Å²) in [4.78, 5) is 27.4. The van der Waals surface area contributed by atoms with E-state index >= 15 is 0 Å². The highest BCUT2D eigenvalue weighted by molar-refractivity contribution is 6.31. The lowest BCUT2D eigenvalue weighted by Crippen LogP contribution is -2.35. The molecule has 138 valence electrons. The zero-order valence-electron chi connectivity index (χ0n) is 15.1. The summed E-state index contributed by atoms with van der Waals surface area (Å²) in [6.45, 7) is 2.08. The van der Waals surface area contributed by atoms with E-state index in [0.29, 0.717) is 17.0 Å². The lowest BCUT2D eigenvalue weighted by atomic mass is 10.1. The van der Waals surface area contributed by atoms with E-state index in [4.69, 9.17) is 4.74 Å². The van der Waals surface area contributed by atoms with E-state index in [1.807, 2.05) is 36.4 Å². The lowest BCUT2D eigenvalue weighted by Gasteiger charge is -2.19. The molecule has 1 N–H and O–H groups in total. The Morgan fingerprint density at radius 1 is 1.00 bits per heavy atom. The van der Waals surface area contributed by atoms with Crippen molar-refractivity contribution in [2.45, 2.75) is 12.8 Å². The number of para-hydroxylation sites is 1. The lowest BCUT2D eigenvalue weighted by molar-refractivity contribution is -0.117. The molecule has 2 amide bonds. The van der Waals surface area contributed by atoms with Crippen molar-refractivity contribution in [2.75, 3.05) is 30.1 Å². The number of hydrogen-bond donors (Lipinski definition) is 1. The molecule has 6 heteroatoms. The minimum Gasteiger partial charge on any atom is -0.496 e. The third-order valence-electron chi connectivity index (χ3n) is 4.89. The second-order valence-electron chi connectivity index (χ2n) is 6.60. The van der Waals surface area contributed by atoms with Crippen molar-refractivity contribution < 1.29 is 14.3 Å². The summed E-state index contributed by atoms with van der Waals surface area (Å²) in [5, 5.41) is 1.26. The molecule has 2 saturated heterocycles. The fourth-order valence-corrected chi connectivity index (χ4v) is 3.46. The molecule has 2 heterocycles. The number of hydrazine groups is 1. The third-order valence-corrected chi connectivity index (χ3v) is 4.89. The number of nitrogens with one attached hydrogen (secondary N) is 1. The van der Waals surface area contributed by atoms with Gasteiger partial charge in [0.1, 0.15) is 11.3 Å². The van der Waals surface area contributed by atoms with Gasteiger partial charge >= 0.3 is 0 Å². The van der Waals surface area contributed by atoms with E-state index in [0.717, 1.165) is 18.8 Å². The molecule has 0 spiro atoms. The Balaban J connectivity index is 1.64. The predicted molar refractivity (Wildman–Crippen MR) is 104 cm³/mol. The van der Waals surface area contributed by atoms with Gasteiger partial charge in [-0.1, -0.05) is 18.2 Å². The van der Waals surface area contributed by atoms with Crippen LogP contribution in [0.25, 0.3) is 6.08 Å². The van der Waals surface area contributed by atoms with E-state index < -0.39 is 5.91 Å². The Morgan fingerprint density at radius 2 is 1.74 bits per heavy atom. The highest BCUT2D eigenvalue weighted by Gasteiger charge is 2.34. The van der Waals surface area contributed by atoms with E-state index in [9.17, 15) is 9.59 Å². The van der Waals surface area contributed by atoms with E-state index in [1.54, 1.807) is 25.3 Å². The Morgan fingerprint density at radius 3 is 2.44 bits per heavy atom. The quantitative estimate of drug-likeness (QED) is 0.670. The first-order valence-corrected chi connectivity index (χ1v) is 9.02. The molecule has 27 heavy (non-hydrogen) atoms. The number of rotatable bonds is 4. The number of hydrogen-bond acceptors (Lipinski definition) is 4. The van der Waals surface area contributed by atoms with Crippen molar-refractivity contribution in [3.8, 4) is 5.75 Å². The fourth-order valence-electron chi connectivity index (χ4n) is 3.46. The van der Waals surface area contributed by atoms with Crippen molar-refractivity contribution in [3.63, 3.8) is 0 Å². The first-order chi connectivity index (χ1) is 13.2. The van der Waals surface area contributed by atoms with Crippen molar-refractivity contribution in [2.24, 2.45) is 0 Å². The van der Waals surface area contributed by atoms with Crippen LogP contribution in [0.5, 0.6) is 5.75 Å². The maximum atomic E-state index is 12.7. The molecule has 2 aromatic carbocycles. The summed E-state index contributed by atoms with van der Waals surface area (Å²) < 4.78 is 5.51. The molecule has 2 aliphatic heterocycles. The first kappa shape index (κ1) is 17.1. The maximum absolute atomic E-state index is 12.7. The van der Waals surface area contributed by atoms with Crippen LogP contribution in [0.1, 0.15) is 18.4 Å². The van der Waals surface area contributed by atoms with Gasteiger partial charge in [0.2, 0.25) is 0 Å². The van der Waals surface area contributed by atoms with Crippen LogP contribution >= 0.6 is 0 Å². The van der Waals surface area contributed by atoms with Crippen LogP contribution in [0.4, 0.5) is 11.4 Å². The number of benzene rings is 2. The van der Waals surface area contributed by atoms with Gasteiger partial charge in [0.05, 0.1) is 12.8 Å². The SMILES string of the molecule is COc1cc(N2CCCC2)ccc1C=C1C(=O)NN(c2ccccc2)C1=O. The van der Waals surface area contributed by atoms with Gasteiger partial charge in [-0.25, -0.2) is 5.01 Å². The van der Waals surface area contributed by atoms with Crippen LogP contribution in [-0.4, -0.2) is 32.0 Å². The molecule has 2 aromatic rings. The van der Waals surface area contributed by atoms with Crippen molar-refractivity contribution >= 4 is 29.3 Å². The molecule has 4 rings (SSSR count). The highest BCUT2D eigenvalue weighted by Crippen LogP contribution is 2.30. The molecule has 0 atom stereocenters. The molecule has 0 radical (unpaired) electrons. The van der Waals surface area contributed by atoms with Gasteiger partial charge in [-0.05, 0) is 43.2 Å². The van der Waals surface area contributed by atoms with Gasteiger partial charge in [0.15, 0.2) is 0 Å². The first-order valence-electron chi connectivity index (χ1n) is 9.02. The summed E-state index contributed by atoms with van der Waals surface area (Å²) in [7, 11) is 1.60. The van der Waals surface area contributed by atoms with Gasteiger partial charge in [0.25, 0.3) is 11.8 Å². The number of amides is 2.